The lowest BCUT2D eigenvalue weighted by Crippen LogP contribution is -2.45. The third-order valence-corrected chi connectivity index (χ3v) is 4.11. The van der Waals surface area contributed by atoms with E-state index in [9.17, 15) is 19.2 Å². The molecule has 1 aliphatic rings. The van der Waals surface area contributed by atoms with E-state index < -0.39 is 17.7 Å². The fraction of sp³-hybridized carbons (Fsp3) is 0.412. The van der Waals surface area contributed by atoms with Crippen LogP contribution in [0, 0.1) is 11.0 Å². The summed E-state index contributed by atoms with van der Waals surface area (Å²) >= 11 is 5.93. The summed E-state index contributed by atoms with van der Waals surface area (Å²) < 4.78 is 19.5. The van der Waals surface area contributed by atoms with Gasteiger partial charge in [0.25, 0.3) is 5.91 Å². The lowest BCUT2D eigenvalue weighted by molar-refractivity contribution is -0.116. The number of esters is 1. The standard InChI is InChI=1S/C17H19ClFN2O4/c1-5-14-10(4)16(22)20(8-21(14)24)15-6-11(12(18)7-13(15)19)17(23)25-9(2)3/h6-7,9H,5,8H2,1-4H3/q-1. The minimum absolute atomic E-state index is 0.0695. The second-order valence-corrected chi connectivity index (χ2v) is 6.32. The van der Waals surface area contributed by atoms with E-state index in [1.165, 1.54) is 6.92 Å². The average molecular weight is 370 g/mol. The van der Waals surface area contributed by atoms with Crippen molar-refractivity contribution >= 4 is 29.2 Å². The number of halogens is 2. The van der Waals surface area contributed by atoms with Crippen LogP contribution in [0.3, 0.4) is 0 Å². The molecule has 0 bridgehead atoms. The number of ether oxygens (including phenoxy) is 1. The van der Waals surface area contributed by atoms with Crippen LogP contribution in [0.5, 0.6) is 0 Å². The first kappa shape index (κ1) is 19.2. The number of anilines is 1. The lowest BCUT2D eigenvalue weighted by atomic mass is 10.1. The van der Waals surface area contributed by atoms with Gasteiger partial charge in [0, 0.05) is 11.3 Å². The highest BCUT2D eigenvalue weighted by Gasteiger charge is 2.29. The van der Waals surface area contributed by atoms with Gasteiger partial charge >= 0.3 is 5.97 Å². The Balaban J connectivity index is 2.48. The number of hydrogen-bond donors (Lipinski definition) is 0. The molecule has 0 saturated heterocycles. The molecule has 1 aromatic carbocycles. The molecule has 0 aliphatic carbocycles. The Morgan fingerprint density at radius 3 is 2.64 bits per heavy atom. The average Bonchev–Trinajstić information content (AvgIpc) is 2.51. The molecule has 0 aromatic heterocycles. The van der Waals surface area contributed by atoms with Crippen molar-refractivity contribution in [3.05, 3.63) is 45.0 Å². The fourth-order valence-corrected chi connectivity index (χ4v) is 2.82. The Hall–Kier alpha value is -2.12. The van der Waals surface area contributed by atoms with Crippen molar-refractivity contribution in [2.24, 2.45) is 0 Å². The Morgan fingerprint density at radius 1 is 1.44 bits per heavy atom. The molecule has 8 heteroatoms. The van der Waals surface area contributed by atoms with Crippen molar-refractivity contribution in [1.82, 2.24) is 5.06 Å². The summed E-state index contributed by atoms with van der Waals surface area (Å²) in [5.41, 5.74) is 0.333. The van der Waals surface area contributed by atoms with Crippen molar-refractivity contribution in [2.45, 2.75) is 40.2 Å². The molecule has 0 N–H and O–H groups in total. The number of allylic oxidation sites excluding steroid dienone is 1. The second kappa shape index (κ2) is 7.41. The summed E-state index contributed by atoms with van der Waals surface area (Å²) in [4.78, 5) is 25.6. The highest BCUT2D eigenvalue weighted by atomic mass is 35.5. The number of rotatable bonds is 4. The van der Waals surface area contributed by atoms with Crippen LogP contribution in [0.4, 0.5) is 10.1 Å². The smallest absolute Gasteiger partial charge is 0.339 e. The van der Waals surface area contributed by atoms with Gasteiger partial charge in [0.15, 0.2) is 0 Å². The van der Waals surface area contributed by atoms with E-state index in [-0.39, 0.29) is 34.6 Å². The number of benzene rings is 1. The van der Waals surface area contributed by atoms with Crippen molar-refractivity contribution < 1.29 is 18.7 Å². The largest absolute Gasteiger partial charge is 0.757 e. The predicted octanol–water partition coefficient (Wildman–Crippen LogP) is 3.83. The van der Waals surface area contributed by atoms with Gasteiger partial charge in [-0.25, -0.2) is 9.18 Å². The number of amides is 1. The molecule has 0 atom stereocenters. The van der Waals surface area contributed by atoms with Gasteiger partial charge in [-0.2, -0.15) is 0 Å². The third kappa shape index (κ3) is 3.77. The Labute approximate surface area is 150 Å². The van der Waals surface area contributed by atoms with E-state index in [1.807, 2.05) is 0 Å². The SMILES string of the molecule is CCC1=C(C)C(=O)N(c2cc(C(=O)OC(C)C)c(Cl)cc2F)CN1[O-]. The minimum Gasteiger partial charge on any atom is -0.757 e. The fourth-order valence-electron chi connectivity index (χ4n) is 2.60. The highest BCUT2D eigenvalue weighted by Crippen LogP contribution is 2.32. The van der Waals surface area contributed by atoms with Gasteiger partial charge in [0.05, 0.1) is 29.0 Å². The maximum atomic E-state index is 14.4. The van der Waals surface area contributed by atoms with E-state index in [0.717, 1.165) is 17.0 Å². The molecule has 0 saturated carbocycles. The molecule has 6 nitrogen and oxygen atoms in total. The first-order chi connectivity index (χ1) is 11.7. The van der Waals surface area contributed by atoms with Crippen molar-refractivity contribution in [2.75, 3.05) is 11.6 Å². The summed E-state index contributed by atoms with van der Waals surface area (Å²) in [7, 11) is 0. The number of carbonyl (C=O) groups is 2. The normalized spacial score (nSPS) is 15.3. The molecule has 0 unspecified atom stereocenters. The van der Waals surface area contributed by atoms with Gasteiger partial charge in [0.1, 0.15) is 5.82 Å². The first-order valence-corrected chi connectivity index (χ1v) is 8.21. The predicted molar refractivity (Wildman–Crippen MR) is 92.5 cm³/mol. The molecule has 1 aliphatic heterocycles. The number of carbonyl (C=O) groups excluding carboxylic acids is 2. The van der Waals surface area contributed by atoms with Crippen molar-refractivity contribution in [3.63, 3.8) is 0 Å². The minimum atomic E-state index is -0.805. The van der Waals surface area contributed by atoms with E-state index >= 15 is 0 Å². The Bertz CT molecular complexity index is 748. The van der Waals surface area contributed by atoms with E-state index in [4.69, 9.17) is 16.3 Å². The van der Waals surface area contributed by atoms with Crippen LogP contribution in [0.2, 0.25) is 5.02 Å². The Morgan fingerprint density at radius 2 is 2.08 bits per heavy atom. The van der Waals surface area contributed by atoms with Crippen LogP contribution in [0.25, 0.3) is 0 Å². The highest BCUT2D eigenvalue weighted by molar-refractivity contribution is 6.33. The topological polar surface area (TPSA) is 72.9 Å². The van der Waals surface area contributed by atoms with E-state index in [2.05, 4.69) is 0 Å². The van der Waals surface area contributed by atoms with Gasteiger partial charge < -0.3 is 15.0 Å². The van der Waals surface area contributed by atoms with E-state index in [0.29, 0.717) is 17.2 Å². The summed E-state index contributed by atoms with van der Waals surface area (Å²) in [6.45, 7) is 6.24. The summed E-state index contributed by atoms with van der Waals surface area (Å²) in [5, 5.41) is 12.6. The van der Waals surface area contributed by atoms with Crippen molar-refractivity contribution in [3.8, 4) is 0 Å². The third-order valence-electron chi connectivity index (χ3n) is 3.79. The number of hydroxylamine groups is 2. The molecule has 1 amide bonds. The second-order valence-electron chi connectivity index (χ2n) is 5.92. The monoisotopic (exact) mass is 369 g/mol. The lowest BCUT2D eigenvalue weighted by Gasteiger charge is -2.43. The van der Waals surface area contributed by atoms with Gasteiger partial charge in [-0.15, -0.1) is 0 Å². The zero-order valence-corrected chi connectivity index (χ0v) is 15.2. The summed E-state index contributed by atoms with van der Waals surface area (Å²) in [5.74, 6) is -2.03. The van der Waals surface area contributed by atoms with Crippen LogP contribution in [0.1, 0.15) is 44.5 Å². The van der Waals surface area contributed by atoms with Crippen LogP contribution < -0.4 is 4.90 Å². The maximum Gasteiger partial charge on any atom is 0.339 e. The van der Waals surface area contributed by atoms with Crippen LogP contribution in [0.15, 0.2) is 23.4 Å². The molecule has 25 heavy (non-hydrogen) atoms. The molecular weight excluding hydrogens is 351 g/mol. The quantitative estimate of drug-likeness (QED) is 0.754. The van der Waals surface area contributed by atoms with Crippen LogP contribution in [-0.2, 0) is 9.53 Å². The van der Waals surface area contributed by atoms with Crippen LogP contribution >= 0.6 is 11.6 Å². The maximum absolute atomic E-state index is 14.4. The molecule has 1 aromatic rings. The molecule has 1 heterocycles. The molecule has 0 fully saturated rings. The van der Waals surface area contributed by atoms with Gasteiger partial charge in [-0.05, 0) is 39.3 Å². The van der Waals surface area contributed by atoms with E-state index in [1.54, 1.807) is 20.8 Å². The van der Waals surface area contributed by atoms with Crippen LogP contribution in [-0.4, -0.2) is 29.7 Å². The first-order valence-electron chi connectivity index (χ1n) is 7.83. The van der Waals surface area contributed by atoms with Gasteiger partial charge in [0.2, 0.25) is 0 Å². The summed E-state index contributed by atoms with van der Waals surface area (Å²) in [6, 6.07) is 2.07. The Kier molecular flexibility index (Phi) is 5.69. The zero-order chi connectivity index (χ0) is 18.9. The molecule has 136 valence electrons. The van der Waals surface area contributed by atoms with Crippen molar-refractivity contribution in [1.29, 1.82) is 0 Å². The molecule has 2 rings (SSSR count). The molecule has 0 radical (unpaired) electrons. The van der Waals surface area contributed by atoms with Gasteiger partial charge in [-0.3, -0.25) is 9.69 Å². The summed E-state index contributed by atoms with van der Waals surface area (Å²) in [6.07, 6.45) is 0.00683. The molecular formula is C17H19ClFN2O4-. The van der Waals surface area contributed by atoms with Gasteiger partial charge in [-0.1, -0.05) is 18.5 Å². The molecule has 0 spiro atoms. The number of hydrogen-bond acceptors (Lipinski definition) is 5. The zero-order valence-electron chi connectivity index (χ0n) is 14.4. The number of nitrogens with zero attached hydrogens (tertiary/aromatic N) is 2.